The van der Waals surface area contributed by atoms with E-state index < -0.39 is 34.4 Å². The number of carbonyl (C=O) groups excluding carboxylic acids is 3. The Morgan fingerprint density at radius 1 is 1.20 bits per heavy atom. The monoisotopic (exact) mass is 493 g/mol. The Labute approximate surface area is 203 Å². The van der Waals surface area contributed by atoms with E-state index in [0.717, 1.165) is 16.2 Å². The van der Waals surface area contributed by atoms with Crippen LogP contribution in [0.1, 0.15) is 29.8 Å². The van der Waals surface area contributed by atoms with Gasteiger partial charge in [0, 0.05) is 23.1 Å². The number of non-ortho nitro benzene ring substituents is 1. The summed E-state index contributed by atoms with van der Waals surface area (Å²) in [7, 11) is 0. The fourth-order valence-corrected chi connectivity index (χ4v) is 4.60. The Balaban J connectivity index is 1.86. The van der Waals surface area contributed by atoms with Crippen LogP contribution in [0.2, 0.25) is 0 Å². The number of thiazole rings is 1. The van der Waals surface area contributed by atoms with Gasteiger partial charge >= 0.3 is 11.9 Å². The summed E-state index contributed by atoms with van der Waals surface area (Å²) in [6, 6.07) is 12.5. The molecular weight excluding hydrogens is 474 g/mol. The molecule has 1 aliphatic heterocycles. The van der Waals surface area contributed by atoms with E-state index in [0.29, 0.717) is 11.3 Å². The van der Waals surface area contributed by atoms with Gasteiger partial charge in [-0.1, -0.05) is 42.5 Å². The summed E-state index contributed by atoms with van der Waals surface area (Å²) in [5.74, 6) is -2.81. The van der Waals surface area contributed by atoms with E-state index in [9.17, 15) is 29.6 Å². The Kier molecular flexibility index (Phi) is 6.69. The van der Waals surface area contributed by atoms with E-state index in [4.69, 9.17) is 4.74 Å². The number of rotatable bonds is 7. The molecule has 35 heavy (non-hydrogen) atoms. The van der Waals surface area contributed by atoms with Crippen molar-refractivity contribution in [3.63, 3.8) is 0 Å². The lowest BCUT2D eigenvalue weighted by atomic mass is 9.95. The molecule has 0 spiro atoms. The number of esters is 1. The Hall–Kier alpha value is -4.38. The molecule has 0 saturated carbocycles. The maximum Gasteiger partial charge on any atom is 0.311 e. The molecule has 1 unspecified atom stereocenters. The highest BCUT2D eigenvalue weighted by Gasteiger charge is 2.48. The van der Waals surface area contributed by atoms with Crippen molar-refractivity contribution >= 4 is 45.6 Å². The number of hydrogen-bond donors (Lipinski definition) is 1. The van der Waals surface area contributed by atoms with Crippen LogP contribution in [-0.2, 0) is 25.5 Å². The van der Waals surface area contributed by atoms with Crippen molar-refractivity contribution in [3.05, 3.63) is 92.5 Å². The Morgan fingerprint density at radius 3 is 2.63 bits per heavy atom. The lowest BCUT2D eigenvalue weighted by molar-refractivity contribution is -0.384. The van der Waals surface area contributed by atoms with Crippen molar-refractivity contribution in [2.45, 2.75) is 19.4 Å². The van der Waals surface area contributed by atoms with Gasteiger partial charge in [-0.05, 0) is 12.5 Å². The molecule has 1 aliphatic rings. The smallest absolute Gasteiger partial charge is 0.311 e. The van der Waals surface area contributed by atoms with Crippen molar-refractivity contribution in [2.75, 3.05) is 11.5 Å². The number of Topliss-reactive ketones (excluding diaryl/α,β-unsaturated/α-hetero) is 1. The van der Waals surface area contributed by atoms with Gasteiger partial charge in [-0.25, -0.2) is 4.98 Å². The highest BCUT2D eigenvalue weighted by Crippen LogP contribution is 2.43. The average Bonchev–Trinajstić information content (AvgIpc) is 3.41. The zero-order chi connectivity index (χ0) is 25.1. The molecule has 3 aromatic rings. The SMILES string of the molecule is CCOC(=O)Cc1csc(N2C(=O)C(=O)/C(=C(/O)c3ccccc3)C2c2cccc([N+](=O)[O-])c2)n1. The van der Waals surface area contributed by atoms with E-state index in [1.807, 2.05) is 0 Å². The van der Waals surface area contributed by atoms with Gasteiger partial charge < -0.3 is 9.84 Å². The molecule has 1 atom stereocenters. The van der Waals surface area contributed by atoms with Crippen LogP contribution in [0.15, 0.2) is 65.6 Å². The molecule has 2 aromatic carbocycles. The Bertz CT molecular complexity index is 1350. The maximum absolute atomic E-state index is 13.2. The van der Waals surface area contributed by atoms with Crippen molar-refractivity contribution in [3.8, 4) is 0 Å². The fraction of sp³-hybridized carbons (Fsp3) is 0.167. The van der Waals surface area contributed by atoms with Crippen LogP contribution in [0.5, 0.6) is 0 Å². The van der Waals surface area contributed by atoms with Gasteiger partial charge in [0.15, 0.2) is 5.13 Å². The van der Waals surface area contributed by atoms with Gasteiger partial charge in [-0.15, -0.1) is 11.3 Å². The zero-order valence-electron chi connectivity index (χ0n) is 18.4. The number of aliphatic hydroxyl groups is 1. The molecule has 1 saturated heterocycles. The summed E-state index contributed by atoms with van der Waals surface area (Å²) in [5.41, 5.74) is 0.436. The summed E-state index contributed by atoms with van der Waals surface area (Å²) in [4.78, 5) is 54.4. The zero-order valence-corrected chi connectivity index (χ0v) is 19.2. The van der Waals surface area contributed by atoms with Crippen molar-refractivity contribution in [1.29, 1.82) is 0 Å². The molecule has 0 aliphatic carbocycles. The van der Waals surface area contributed by atoms with Gasteiger partial charge in [-0.3, -0.25) is 29.4 Å². The Morgan fingerprint density at radius 2 is 1.94 bits per heavy atom. The van der Waals surface area contributed by atoms with E-state index in [1.54, 1.807) is 42.6 Å². The van der Waals surface area contributed by atoms with Crippen LogP contribution >= 0.6 is 11.3 Å². The van der Waals surface area contributed by atoms with Crippen LogP contribution in [0.3, 0.4) is 0 Å². The predicted octanol–water partition coefficient (Wildman–Crippen LogP) is 3.78. The molecule has 1 aromatic heterocycles. The van der Waals surface area contributed by atoms with Crippen molar-refractivity contribution in [1.82, 2.24) is 4.98 Å². The van der Waals surface area contributed by atoms with Crippen molar-refractivity contribution in [2.24, 2.45) is 0 Å². The first-order valence-electron chi connectivity index (χ1n) is 10.5. The third kappa shape index (κ3) is 4.66. The van der Waals surface area contributed by atoms with Crippen LogP contribution in [-0.4, -0.2) is 39.3 Å². The standard InChI is InChI=1S/C24H19N3O7S/c1-2-34-18(28)12-16-13-35-24(25-16)26-20(15-9-6-10-17(11-15)27(32)33)19(22(30)23(26)31)21(29)14-7-4-3-5-8-14/h3-11,13,20,29H,2,12H2,1H3/b21-19+. The predicted molar refractivity (Wildman–Crippen MR) is 127 cm³/mol. The summed E-state index contributed by atoms with van der Waals surface area (Å²) >= 11 is 1.03. The molecule has 1 fully saturated rings. The average molecular weight is 493 g/mol. The second-order valence-corrected chi connectivity index (χ2v) is 8.33. The molecule has 1 N–H and O–H groups in total. The number of benzene rings is 2. The van der Waals surface area contributed by atoms with Gasteiger partial charge in [0.1, 0.15) is 5.76 Å². The molecule has 1 amide bonds. The quantitative estimate of drug-likeness (QED) is 0.131. The second kappa shape index (κ2) is 9.85. The van der Waals surface area contributed by atoms with Crippen LogP contribution in [0.4, 0.5) is 10.8 Å². The normalized spacial score (nSPS) is 16.9. The number of aromatic nitrogens is 1. The van der Waals surface area contributed by atoms with Crippen molar-refractivity contribution < 1.29 is 29.2 Å². The number of aliphatic hydroxyl groups excluding tert-OH is 1. The number of hydrogen-bond acceptors (Lipinski definition) is 9. The summed E-state index contributed by atoms with van der Waals surface area (Å²) in [6.45, 7) is 1.88. The molecule has 0 bridgehead atoms. The summed E-state index contributed by atoms with van der Waals surface area (Å²) in [6.07, 6.45) is -0.125. The molecule has 10 nitrogen and oxygen atoms in total. The number of amides is 1. The first kappa shape index (κ1) is 23.8. The summed E-state index contributed by atoms with van der Waals surface area (Å²) < 4.78 is 4.93. The highest BCUT2D eigenvalue weighted by atomic mass is 32.1. The fourth-order valence-electron chi connectivity index (χ4n) is 3.75. The highest BCUT2D eigenvalue weighted by molar-refractivity contribution is 7.14. The van der Waals surface area contributed by atoms with Crippen LogP contribution in [0.25, 0.3) is 5.76 Å². The number of ketones is 1. The number of ether oxygens (including phenoxy) is 1. The number of anilines is 1. The summed E-state index contributed by atoms with van der Waals surface area (Å²) in [5, 5.41) is 24.1. The third-order valence-corrected chi connectivity index (χ3v) is 6.15. The largest absolute Gasteiger partial charge is 0.507 e. The maximum atomic E-state index is 13.2. The van der Waals surface area contributed by atoms with E-state index >= 15 is 0 Å². The lowest BCUT2D eigenvalue weighted by Crippen LogP contribution is -2.29. The molecule has 2 heterocycles. The molecular formula is C24H19N3O7S. The van der Waals surface area contributed by atoms with Crippen LogP contribution < -0.4 is 4.90 Å². The lowest BCUT2D eigenvalue weighted by Gasteiger charge is -2.22. The number of nitro benzene ring substituents is 1. The topological polar surface area (TPSA) is 140 Å². The second-order valence-electron chi connectivity index (χ2n) is 7.49. The number of nitro groups is 1. The molecule has 4 rings (SSSR count). The number of carbonyl (C=O) groups is 3. The number of nitrogens with zero attached hydrogens (tertiary/aromatic N) is 3. The van der Waals surface area contributed by atoms with Gasteiger partial charge in [-0.2, -0.15) is 0 Å². The van der Waals surface area contributed by atoms with E-state index in [2.05, 4.69) is 4.98 Å². The van der Waals surface area contributed by atoms with Gasteiger partial charge in [0.25, 0.3) is 11.5 Å². The minimum Gasteiger partial charge on any atom is -0.507 e. The van der Waals surface area contributed by atoms with Gasteiger partial charge in [0.2, 0.25) is 0 Å². The van der Waals surface area contributed by atoms with E-state index in [1.165, 1.54) is 24.3 Å². The molecule has 11 heteroatoms. The van der Waals surface area contributed by atoms with Gasteiger partial charge in [0.05, 0.1) is 35.3 Å². The minimum absolute atomic E-state index is 0.106. The molecule has 178 valence electrons. The first-order chi connectivity index (χ1) is 16.8. The minimum atomic E-state index is -1.17. The molecule has 0 radical (unpaired) electrons. The van der Waals surface area contributed by atoms with E-state index in [-0.39, 0.29) is 35.0 Å². The first-order valence-corrected chi connectivity index (χ1v) is 11.4. The van der Waals surface area contributed by atoms with Crippen LogP contribution in [0, 0.1) is 10.1 Å². The third-order valence-electron chi connectivity index (χ3n) is 5.26.